The average molecular weight is 706 g/mol. The van der Waals surface area contributed by atoms with Crippen molar-refractivity contribution in [1.82, 2.24) is 37.4 Å². The fourth-order valence-electron chi connectivity index (χ4n) is 4.27. The number of carbonyl (C=O) groups excluding carboxylic acids is 7. The third-order valence-corrected chi connectivity index (χ3v) is 6.83. The van der Waals surface area contributed by atoms with Crippen LogP contribution in [0, 0.1) is 11.8 Å². The molecule has 1 aromatic carbocycles. The summed E-state index contributed by atoms with van der Waals surface area (Å²) in [5, 5.41) is 12.3. The largest absolute Gasteiger partial charge is 0.445 e. The lowest BCUT2D eigenvalue weighted by atomic mass is 9.99. The minimum Gasteiger partial charge on any atom is -0.445 e. The Morgan fingerprint density at radius 3 is 1.98 bits per heavy atom. The van der Waals surface area contributed by atoms with Gasteiger partial charge in [0.15, 0.2) is 5.96 Å². The first-order valence-electron chi connectivity index (χ1n) is 16.1. The first kappa shape index (κ1) is 42.4. The van der Waals surface area contributed by atoms with E-state index in [2.05, 4.69) is 42.4 Å². The van der Waals surface area contributed by atoms with Gasteiger partial charge in [-0.05, 0) is 43.6 Å². The maximum atomic E-state index is 13.5. The summed E-state index contributed by atoms with van der Waals surface area (Å²) >= 11 is 0. The van der Waals surface area contributed by atoms with Crippen molar-refractivity contribution in [3.05, 3.63) is 35.9 Å². The molecule has 1 rings (SSSR count). The van der Waals surface area contributed by atoms with E-state index in [1.165, 1.54) is 6.92 Å². The molecule has 19 heteroatoms. The molecule has 0 aliphatic heterocycles. The zero-order chi connectivity index (χ0) is 37.8. The Hall–Kier alpha value is -5.62. The molecule has 4 unspecified atom stereocenters. The second kappa shape index (κ2) is 22.1. The van der Waals surface area contributed by atoms with Crippen molar-refractivity contribution in [2.75, 3.05) is 13.1 Å². The lowest BCUT2D eigenvalue weighted by molar-refractivity contribution is -0.133. The number of ether oxygens (including phenoxy) is 1. The van der Waals surface area contributed by atoms with Gasteiger partial charge in [0, 0.05) is 6.54 Å². The number of carbonyl (C=O) groups is 7. The van der Waals surface area contributed by atoms with Crippen molar-refractivity contribution >= 4 is 47.6 Å². The summed E-state index contributed by atoms with van der Waals surface area (Å²) in [4.78, 5) is 91.6. The van der Waals surface area contributed by atoms with E-state index in [0.717, 1.165) is 5.56 Å². The van der Waals surface area contributed by atoms with E-state index in [-0.39, 0.29) is 37.9 Å². The van der Waals surface area contributed by atoms with Crippen LogP contribution >= 0.6 is 0 Å². The van der Waals surface area contributed by atoms with E-state index in [4.69, 9.17) is 21.9 Å². The highest BCUT2D eigenvalue weighted by atomic mass is 16.5. The summed E-state index contributed by atoms with van der Waals surface area (Å²) in [5.74, 6) is -4.28. The smallest absolute Gasteiger partial charge is 0.408 e. The van der Waals surface area contributed by atoms with Crippen molar-refractivity contribution < 1.29 is 38.3 Å². The monoisotopic (exact) mass is 705 g/mol. The Morgan fingerprint density at radius 2 is 1.40 bits per heavy atom. The summed E-state index contributed by atoms with van der Waals surface area (Å²) in [6, 6.07) is 3.52. The number of hydrogen-bond donors (Lipinski definition) is 10. The van der Waals surface area contributed by atoms with Crippen LogP contribution in [0.1, 0.15) is 59.4 Å². The van der Waals surface area contributed by atoms with Crippen molar-refractivity contribution in [3.63, 3.8) is 0 Å². The van der Waals surface area contributed by atoms with Crippen LogP contribution in [0.25, 0.3) is 0 Å². The van der Waals surface area contributed by atoms with Gasteiger partial charge in [-0.25, -0.2) is 15.0 Å². The Morgan fingerprint density at radius 1 is 0.760 bits per heavy atom. The van der Waals surface area contributed by atoms with Crippen LogP contribution in [0.2, 0.25) is 0 Å². The van der Waals surface area contributed by atoms with Gasteiger partial charge in [0.25, 0.3) is 5.91 Å². The van der Waals surface area contributed by atoms with Gasteiger partial charge in [-0.3, -0.25) is 34.4 Å². The third kappa shape index (κ3) is 17.5. The van der Waals surface area contributed by atoms with E-state index in [9.17, 15) is 33.6 Å². The van der Waals surface area contributed by atoms with Crippen LogP contribution in [-0.2, 0) is 35.3 Å². The predicted molar refractivity (Wildman–Crippen MR) is 183 cm³/mol. The van der Waals surface area contributed by atoms with Crippen LogP contribution in [-0.4, -0.2) is 84.9 Å². The molecule has 0 aliphatic rings. The predicted octanol–water partition coefficient (Wildman–Crippen LogP) is -1.67. The van der Waals surface area contributed by atoms with E-state index in [1.807, 2.05) is 19.9 Å². The minimum absolute atomic E-state index is 0.0338. The van der Waals surface area contributed by atoms with Crippen molar-refractivity contribution in [3.8, 4) is 0 Å². The first-order valence-corrected chi connectivity index (χ1v) is 16.1. The SMILES string of the molecule is CC(C)CC(NC(=O)C(CCCN=C(N)N)NC(=O)OCc1ccccc1)C(=O)NC(C(=O)NNC(=O)NC(C)C(=O)NCC(N)=O)C(C)C. The number of aliphatic imine (C=N–C) groups is 1. The summed E-state index contributed by atoms with van der Waals surface area (Å²) in [7, 11) is 0. The number of benzene rings is 1. The maximum absolute atomic E-state index is 13.5. The maximum Gasteiger partial charge on any atom is 0.408 e. The molecule has 0 saturated heterocycles. The molecule has 8 amide bonds. The number of primary amides is 1. The summed E-state index contributed by atoms with van der Waals surface area (Å²) in [6.07, 6.45) is -0.257. The molecule has 0 heterocycles. The van der Waals surface area contributed by atoms with Gasteiger partial charge in [-0.1, -0.05) is 58.0 Å². The number of nitrogens with two attached hydrogens (primary N) is 3. The number of rotatable bonds is 19. The highest BCUT2D eigenvalue weighted by Gasteiger charge is 2.32. The van der Waals surface area contributed by atoms with Gasteiger partial charge in [0.2, 0.25) is 23.6 Å². The Bertz CT molecular complexity index is 1340. The van der Waals surface area contributed by atoms with Gasteiger partial charge in [0.05, 0.1) is 6.54 Å². The standard InChI is InChI=1S/C31H51N11O8/c1-17(2)14-22(27(46)40-24(18(3)4)28(47)41-42-30(48)37-19(5)25(44)36-15-23(32)43)38-26(45)21(12-9-13-35-29(33)34)39-31(49)50-16-20-10-7-6-8-11-20/h6-8,10-11,17-19,21-22,24H,9,12-16H2,1-5H3,(H2,32,43)(H,36,44)(H,38,45)(H,39,49)(H,40,46)(H,41,47)(H4,33,34,35)(H2,37,42,48). The Kier molecular flexibility index (Phi) is 18.7. The molecule has 278 valence electrons. The Balaban J connectivity index is 2.95. The zero-order valence-corrected chi connectivity index (χ0v) is 29.0. The van der Waals surface area contributed by atoms with Gasteiger partial charge in [0.1, 0.15) is 30.8 Å². The number of alkyl carbamates (subject to hydrolysis) is 1. The quantitative estimate of drug-likeness (QED) is 0.0338. The molecule has 0 aliphatic carbocycles. The van der Waals surface area contributed by atoms with Crippen molar-refractivity contribution in [2.45, 2.75) is 84.7 Å². The second-order valence-electron chi connectivity index (χ2n) is 12.1. The second-order valence-corrected chi connectivity index (χ2v) is 12.1. The van der Waals surface area contributed by atoms with Crippen LogP contribution in [0.15, 0.2) is 35.3 Å². The molecule has 0 saturated carbocycles. The molecule has 50 heavy (non-hydrogen) atoms. The summed E-state index contributed by atoms with van der Waals surface area (Å²) in [5.41, 5.74) is 20.8. The molecular weight excluding hydrogens is 654 g/mol. The molecule has 0 aromatic heterocycles. The van der Waals surface area contributed by atoms with Gasteiger partial charge >= 0.3 is 12.1 Å². The first-order chi connectivity index (χ1) is 23.5. The number of amides is 8. The zero-order valence-electron chi connectivity index (χ0n) is 29.0. The normalized spacial score (nSPS) is 13.0. The van der Waals surface area contributed by atoms with Crippen LogP contribution in [0.5, 0.6) is 0 Å². The lowest BCUT2D eigenvalue weighted by Gasteiger charge is -2.27. The van der Waals surface area contributed by atoms with Crippen LogP contribution in [0.3, 0.4) is 0 Å². The number of nitrogens with zero attached hydrogens (tertiary/aromatic N) is 1. The van der Waals surface area contributed by atoms with Crippen LogP contribution < -0.4 is 54.6 Å². The minimum atomic E-state index is -1.16. The van der Waals surface area contributed by atoms with Gasteiger partial charge in [-0.15, -0.1) is 0 Å². The van der Waals surface area contributed by atoms with Crippen LogP contribution in [0.4, 0.5) is 9.59 Å². The molecular formula is C31H51N11O8. The third-order valence-electron chi connectivity index (χ3n) is 6.83. The molecule has 13 N–H and O–H groups in total. The highest BCUT2D eigenvalue weighted by molar-refractivity contribution is 5.95. The number of hydrazine groups is 1. The van der Waals surface area contributed by atoms with Crippen molar-refractivity contribution in [1.29, 1.82) is 0 Å². The van der Waals surface area contributed by atoms with E-state index < -0.39 is 78.3 Å². The topological polar surface area (TPSA) is 303 Å². The number of guanidine groups is 1. The highest BCUT2D eigenvalue weighted by Crippen LogP contribution is 2.10. The van der Waals surface area contributed by atoms with E-state index in [1.54, 1.807) is 38.1 Å². The van der Waals surface area contributed by atoms with Gasteiger partial charge in [-0.2, -0.15) is 0 Å². The Labute approximate surface area is 291 Å². The summed E-state index contributed by atoms with van der Waals surface area (Å²) < 4.78 is 5.28. The average Bonchev–Trinajstić information content (AvgIpc) is 3.04. The molecule has 4 atom stereocenters. The molecule has 0 spiro atoms. The van der Waals surface area contributed by atoms with E-state index >= 15 is 0 Å². The van der Waals surface area contributed by atoms with E-state index in [0.29, 0.717) is 6.42 Å². The van der Waals surface area contributed by atoms with Gasteiger partial charge < -0.3 is 48.5 Å². The number of nitrogens with one attached hydrogen (secondary N) is 7. The lowest BCUT2D eigenvalue weighted by Crippen LogP contribution is -2.60. The molecule has 19 nitrogen and oxygen atoms in total. The molecule has 0 radical (unpaired) electrons. The number of hydrogen-bond acceptors (Lipinski definition) is 9. The fourth-order valence-corrected chi connectivity index (χ4v) is 4.27. The number of urea groups is 1. The molecule has 0 bridgehead atoms. The fraction of sp³-hybridized carbons (Fsp3) is 0.548. The summed E-state index contributed by atoms with van der Waals surface area (Å²) in [6.45, 7) is 8.05. The molecule has 1 aromatic rings. The molecule has 0 fully saturated rings. The van der Waals surface area contributed by atoms with Crippen molar-refractivity contribution in [2.24, 2.45) is 34.0 Å².